The molecule has 2 aromatic rings. The number of amides is 3. The molecule has 1 aliphatic heterocycles. The molecule has 0 bridgehead atoms. The molecular weight excluding hydrogens is 338 g/mol. The van der Waals surface area contributed by atoms with E-state index in [2.05, 4.69) is 5.32 Å². The van der Waals surface area contributed by atoms with Crippen LogP contribution in [-0.4, -0.2) is 41.9 Å². The molecule has 0 unspecified atom stereocenters. The van der Waals surface area contributed by atoms with Gasteiger partial charge in [0.05, 0.1) is 17.3 Å². The quantitative estimate of drug-likeness (QED) is 0.870. The smallest absolute Gasteiger partial charge is 0.322 e. The van der Waals surface area contributed by atoms with Crippen molar-refractivity contribution in [1.82, 2.24) is 9.80 Å². The number of para-hydroxylation sites is 1. The molecular formula is C22H27N3O2. The first-order chi connectivity index (χ1) is 13.0. The van der Waals surface area contributed by atoms with E-state index < -0.39 is 0 Å². The minimum Gasteiger partial charge on any atom is -0.339 e. The van der Waals surface area contributed by atoms with Crippen LogP contribution in [0.1, 0.15) is 47.3 Å². The van der Waals surface area contributed by atoms with Gasteiger partial charge in [-0.1, -0.05) is 42.5 Å². The molecule has 0 radical (unpaired) electrons. The molecule has 142 valence electrons. The number of urea groups is 1. The second-order valence-electron chi connectivity index (χ2n) is 7.12. The molecule has 1 aliphatic rings. The van der Waals surface area contributed by atoms with Gasteiger partial charge < -0.3 is 15.1 Å². The Morgan fingerprint density at radius 1 is 1.04 bits per heavy atom. The number of anilines is 1. The lowest BCUT2D eigenvalue weighted by atomic mass is 10.1. The summed E-state index contributed by atoms with van der Waals surface area (Å²) in [7, 11) is 1.77. The van der Waals surface area contributed by atoms with Gasteiger partial charge in [-0.15, -0.1) is 0 Å². The van der Waals surface area contributed by atoms with Crippen LogP contribution in [0.2, 0.25) is 0 Å². The van der Waals surface area contributed by atoms with E-state index in [0.717, 1.165) is 37.1 Å². The zero-order chi connectivity index (χ0) is 19.4. The first-order valence-electron chi connectivity index (χ1n) is 9.46. The van der Waals surface area contributed by atoms with E-state index in [9.17, 15) is 9.59 Å². The van der Waals surface area contributed by atoms with Crippen LogP contribution in [0.3, 0.4) is 0 Å². The van der Waals surface area contributed by atoms with Gasteiger partial charge >= 0.3 is 6.03 Å². The third-order valence-corrected chi connectivity index (χ3v) is 5.31. The highest BCUT2D eigenvalue weighted by atomic mass is 16.2. The Hall–Kier alpha value is -2.82. The second kappa shape index (κ2) is 8.25. The Morgan fingerprint density at radius 2 is 1.70 bits per heavy atom. The van der Waals surface area contributed by atoms with Crippen LogP contribution in [0.25, 0.3) is 0 Å². The number of rotatable bonds is 4. The van der Waals surface area contributed by atoms with E-state index in [-0.39, 0.29) is 18.0 Å². The Labute approximate surface area is 161 Å². The molecule has 1 heterocycles. The zero-order valence-corrected chi connectivity index (χ0v) is 16.2. The van der Waals surface area contributed by atoms with E-state index >= 15 is 0 Å². The second-order valence-corrected chi connectivity index (χ2v) is 7.12. The van der Waals surface area contributed by atoms with Crippen molar-refractivity contribution in [2.45, 2.75) is 32.7 Å². The maximum atomic E-state index is 12.9. The summed E-state index contributed by atoms with van der Waals surface area (Å²) in [4.78, 5) is 29.3. The number of nitrogens with one attached hydrogen (secondary N) is 1. The van der Waals surface area contributed by atoms with Crippen molar-refractivity contribution < 1.29 is 9.59 Å². The van der Waals surface area contributed by atoms with Gasteiger partial charge in [-0.3, -0.25) is 4.79 Å². The van der Waals surface area contributed by atoms with Gasteiger partial charge in [-0.25, -0.2) is 4.79 Å². The van der Waals surface area contributed by atoms with Crippen molar-refractivity contribution in [2.24, 2.45) is 0 Å². The molecule has 5 nitrogen and oxygen atoms in total. The minimum absolute atomic E-state index is 0.00902. The van der Waals surface area contributed by atoms with Gasteiger partial charge in [-0.2, -0.15) is 0 Å². The maximum Gasteiger partial charge on any atom is 0.322 e. The number of aryl methyl sites for hydroxylation is 1. The lowest BCUT2D eigenvalue weighted by Gasteiger charge is -2.27. The fourth-order valence-electron chi connectivity index (χ4n) is 3.43. The van der Waals surface area contributed by atoms with Crippen molar-refractivity contribution in [3.63, 3.8) is 0 Å². The van der Waals surface area contributed by atoms with Crippen LogP contribution in [0, 0.1) is 6.92 Å². The molecule has 0 spiro atoms. The van der Waals surface area contributed by atoms with Crippen molar-refractivity contribution in [3.8, 4) is 0 Å². The molecule has 1 saturated heterocycles. The maximum absolute atomic E-state index is 12.9. The zero-order valence-electron chi connectivity index (χ0n) is 16.2. The van der Waals surface area contributed by atoms with E-state index in [4.69, 9.17) is 0 Å². The summed E-state index contributed by atoms with van der Waals surface area (Å²) in [6, 6.07) is 15.2. The number of benzene rings is 2. The first kappa shape index (κ1) is 19.0. The van der Waals surface area contributed by atoms with Crippen LogP contribution in [-0.2, 0) is 0 Å². The highest BCUT2D eigenvalue weighted by Gasteiger charge is 2.25. The molecule has 2 aromatic carbocycles. The molecule has 1 atom stereocenters. The van der Waals surface area contributed by atoms with Gasteiger partial charge in [-0.05, 0) is 43.9 Å². The fraction of sp³-hybridized carbons (Fsp3) is 0.364. The van der Waals surface area contributed by atoms with Gasteiger partial charge in [0, 0.05) is 20.1 Å². The fourth-order valence-corrected chi connectivity index (χ4v) is 3.43. The average Bonchev–Trinajstić information content (AvgIpc) is 3.23. The van der Waals surface area contributed by atoms with E-state index in [1.165, 1.54) is 0 Å². The Balaban J connectivity index is 1.80. The molecule has 27 heavy (non-hydrogen) atoms. The van der Waals surface area contributed by atoms with Gasteiger partial charge in [0.1, 0.15) is 0 Å². The largest absolute Gasteiger partial charge is 0.339 e. The summed E-state index contributed by atoms with van der Waals surface area (Å²) < 4.78 is 0. The van der Waals surface area contributed by atoms with Gasteiger partial charge in [0.2, 0.25) is 0 Å². The SMILES string of the molecule is Cc1cccc(C(=O)N2CCCC2)c1NC(=O)N(C)[C@@H](C)c1ccccc1. The van der Waals surface area contributed by atoms with Gasteiger partial charge in [0.25, 0.3) is 5.91 Å². The lowest BCUT2D eigenvalue weighted by Crippen LogP contribution is -2.35. The summed E-state index contributed by atoms with van der Waals surface area (Å²) in [5, 5.41) is 2.97. The Morgan fingerprint density at radius 3 is 2.37 bits per heavy atom. The molecule has 0 saturated carbocycles. The Bertz CT molecular complexity index is 814. The highest BCUT2D eigenvalue weighted by Crippen LogP contribution is 2.26. The molecule has 1 N–H and O–H groups in total. The third kappa shape index (κ3) is 4.13. The third-order valence-electron chi connectivity index (χ3n) is 5.31. The number of nitrogens with zero attached hydrogens (tertiary/aromatic N) is 2. The van der Waals surface area contributed by atoms with Crippen molar-refractivity contribution in [2.75, 3.05) is 25.5 Å². The predicted molar refractivity (Wildman–Crippen MR) is 108 cm³/mol. The topological polar surface area (TPSA) is 52.7 Å². The molecule has 1 fully saturated rings. The summed E-state index contributed by atoms with van der Waals surface area (Å²) in [5.41, 5.74) is 3.11. The number of carbonyl (C=O) groups is 2. The van der Waals surface area contributed by atoms with E-state index in [1.807, 2.05) is 61.2 Å². The summed E-state index contributed by atoms with van der Waals surface area (Å²) in [5.74, 6) is -0.00902. The van der Waals surface area contributed by atoms with Crippen LogP contribution < -0.4 is 5.32 Å². The minimum atomic E-state index is -0.226. The standard InChI is InChI=1S/C22H27N3O2/c1-16-10-9-13-19(21(26)25-14-7-8-15-25)20(16)23-22(27)24(3)17(2)18-11-5-4-6-12-18/h4-6,9-13,17H,7-8,14-15H2,1-3H3,(H,23,27)/t17-/m0/s1. The Kier molecular flexibility index (Phi) is 5.79. The normalized spacial score (nSPS) is 14.7. The van der Waals surface area contributed by atoms with E-state index in [0.29, 0.717) is 11.3 Å². The molecule has 3 rings (SSSR count). The number of hydrogen-bond acceptors (Lipinski definition) is 2. The predicted octanol–water partition coefficient (Wildman–Crippen LogP) is 4.46. The average molecular weight is 365 g/mol. The number of hydrogen-bond donors (Lipinski definition) is 1. The highest BCUT2D eigenvalue weighted by molar-refractivity contribution is 6.04. The summed E-state index contributed by atoms with van der Waals surface area (Å²) >= 11 is 0. The lowest BCUT2D eigenvalue weighted by molar-refractivity contribution is 0.0793. The van der Waals surface area contributed by atoms with Gasteiger partial charge in [0.15, 0.2) is 0 Å². The van der Waals surface area contributed by atoms with Crippen molar-refractivity contribution >= 4 is 17.6 Å². The van der Waals surface area contributed by atoms with Crippen LogP contribution in [0.5, 0.6) is 0 Å². The summed E-state index contributed by atoms with van der Waals surface area (Å²) in [6.45, 7) is 5.47. The molecule has 0 aliphatic carbocycles. The van der Waals surface area contributed by atoms with Crippen LogP contribution in [0.4, 0.5) is 10.5 Å². The van der Waals surface area contributed by atoms with Crippen LogP contribution in [0.15, 0.2) is 48.5 Å². The van der Waals surface area contributed by atoms with Crippen molar-refractivity contribution in [1.29, 1.82) is 0 Å². The van der Waals surface area contributed by atoms with E-state index in [1.54, 1.807) is 18.0 Å². The molecule has 5 heteroatoms. The summed E-state index contributed by atoms with van der Waals surface area (Å²) in [6.07, 6.45) is 2.08. The molecule has 3 amide bonds. The molecule has 0 aromatic heterocycles. The monoisotopic (exact) mass is 365 g/mol. The first-order valence-corrected chi connectivity index (χ1v) is 9.46. The van der Waals surface area contributed by atoms with Crippen LogP contribution >= 0.6 is 0 Å². The number of carbonyl (C=O) groups excluding carboxylic acids is 2. The number of likely N-dealkylation sites (tertiary alicyclic amines) is 1. The van der Waals surface area contributed by atoms with Crippen molar-refractivity contribution in [3.05, 3.63) is 65.2 Å².